The van der Waals surface area contributed by atoms with Gasteiger partial charge < -0.3 is 0 Å². The summed E-state index contributed by atoms with van der Waals surface area (Å²) in [6.45, 7) is 12.9. The molecule has 0 aliphatic heterocycles. The van der Waals surface area contributed by atoms with E-state index in [1.165, 1.54) is 32.1 Å². The van der Waals surface area contributed by atoms with E-state index in [9.17, 15) is 0 Å². The van der Waals surface area contributed by atoms with Crippen LogP contribution in [0.5, 0.6) is 0 Å². The first kappa shape index (κ1) is 20.3. The topological polar surface area (TPSA) is 0 Å². The van der Waals surface area contributed by atoms with Crippen molar-refractivity contribution in [2.75, 3.05) is 0 Å². The van der Waals surface area contributed by atoms with Gasteiger partial charge in [-0.15, -0.1) is 0 Å². The molecule has 0 nitrogen and oxygen atoms in total. The van der Waals surface area contributed by atoms with Crippen molar-refractivity contribution in [3.8, 4) is 0 Å². The lowest BCUT2D eigenvalue weighted by Gasteiger charge is -2.61. The lowest BCUT2D eigenvalue weighted by atomic mass is 9.44. The second-order valence-electron chi connectivity index (χ2n) is 12.4. The van der Waals surface area contributed by atoms with Gasteiger partial charge in [0.05, 0.1) is 0 Å². The van der Waals surface area contributed by atoms with Gasteiger partial charge in [0.1, 0.15) is 0 Å². The fraction of sp³-hybridized carbons (Fsp3) is 1.00. The maximum absolute atomic E-state index is 2.75. The monoisotopic (exact) mass is 372 g/mol. The fourth-order valence-electron chi connectivity index (χ4n) is 9.32. The molecular formula is C27H48. The molecule has 4 aliphatic rings. The van der Waals surface area contributed by atoms with Crippen molar-refractivity contribution >= 4 is 0 Å². The van der Waals surface area contributed by atoms with E-state index in [-0.39, 0.29) is 0 Å². The van der Waals surface area contributed by atoms with Crippen LogP contribution in [0.1, 0.15) is 118 Å². The van der Waals surface area contributed by atoms with Gasteiger partial charge in [0.2, 0.25) is 0 Å². The summed E-state index contributed by atoms with van der Waals surface area (Å²) in [5.41, 5.74) is 1.39. The van der Waals surface area contributed by atoms with Crippen molar-refractivity contribution in [3.63, 3.8) is 0 Å². The van der Waals surface area contributed by atoms with Gasteiger partial charge >= 0.3 is 0 Å². The molecule has 0 aromatic rings. The average Bonchev–Trinajstić information content (AvgIpc) is 2.98. The first-order chi connectivity index (χ1) is 12.9. The lowest BCUT2D eigenvalue weighted by molar-refractivity contribution is -0.114. The van der Waals surface area contributed by atoms with E-state index in [2.05, 4.69) is 34.6 Å². The lowest BCUT2D eigenvalue weighted by Crippen LogP contribution is -2.53. The van der Waals surface area contributed by atoms with E-state index in [0.717, 1.165) is 41.4 Å². The number of hydrogen-bond acceptors (Lipinski definition) is 0. The Hall–Kier alpha value is 0. The Morgan fingerprint density at radius 2 is 1.52 bits per heavy atom. The van der Waals surface area contributed by atoms with Crippen molar-refractivity contribution in [1.82, 2.24) is 0 Å². The molecule has 0 amide bonds. The second kappa shape index (κ2) is 7.68. The Morgan fingerprint density at radius 1 is 0.741 bits per heavy atom. The van der Waals surface area contributed by atoms with E-state index in [1.54, 1.807) is 51.4 Å². The van der Waals surface area contributed by atoms with E-state index >= 15 is 0 Å². The summed E-state index contributed by atoms with van der Waals surface area (Å²) in [4.78, 5) is 0. The van der Waals surface area contributed by atoms with Crippen LogP contribution in [0.4, 0.5) is 0 Å². The molecule has 0 aromatic carbocycles. The standard InChI is InChI=1S/C27H48/c1-19(2)9-8-10-20(3)23-14-15-24-22-13-12-21-11-6-7-17-26(21,4)25(22)16-18-27(23,24)5/h19-25H,6-18H2,1-5H3/t20-,21+,22-,23+,24+,25+,26-,27+/m0/s1. The second-order valence-corrected chi connectivity index (χ2v) is 12.4. The zero-order chi connectivity index (χ0) is 19.2. The van der Waals surface area contributed by atoms with Gasteiger partial charge in [0.25, 0.3) is 0 Å². The molecule has 27 heavy (non-hydrogen) atoms. The summed E-state index contributed by atoms with van der Waals surface area (Å²) in [6.07, 6.45) is 19.9. The van der Waals surface area contributed by atoms with Crippen molar-refractivity contribution in [3.05, 3.63) is 0 Å². The number of fused-ring (bicyclic) bond motifs is 5. The van der Waals surface area contributed by atoms with Crippen molar-refractivity contribution in [2.24, 2.45) is 52.3 Å². The Bertz CT molecular complexity index is 506. The third-order valence-electron chi connectivity index (χ3n) is 10.8. The van der Waals surface area contributed by atoms with Gasteiger partial charge in [0.15, 0.2) is 0 Å². The Morgan fingerprint density at radius 3 is 2.30 bits per heavy atom. The van der Waals surface area contributed by atoms with Crippen LogP contribution in [0.15, 0.2) is 0 Å². The average molecular weight is 373 g/mol. The molecular weight excluding hydrogens is 324 g/mol. The van der Waals surface area contributed by atoms with Crippen molar-refractivity contribution in [2.45, 2.75) is 118 Å². The van der Waals surface area contributed by atoms with E-state index in [0.29, 0.717) is 10.8 Å². The van der Waals surface area contributed by atoms with Crippen LogP contribution >= 0.6 is 0 Å². The molecule has 4 rings (SSSR count). The smallest absolute Gasteiger partial charge is 0.0264 e. The summed E-state index contributed by atoms with van der Waals surface area (Å²) in [5, 5.41) is 0. The molecule has 4 aliphatic carbocycles. The quantitative estimate of drug-likeness (QED) is 0.453. The molecule has 0 radical (unpaired) electrons. The largest absolute Gasteiger partial charge is 0.0628 e. The molecule has 4 fully saturated rings. The van der Waals surface area contributed by atoms with Gasteiger partial charge in [0, 0.05) is 0 Å². The molecule has 0 heteroatoms. The molecule has 156 valence electrons. The highest BCUT2D eigenvalue weighted by molar-refractivity contribution is 5.09. The summed E-state index contributed by atoms with van der Waals surface area (Å²) >= 11 is 0. The predicted octanol–water partition coefficient (Wildman–Crippen LogP) is 8.50. The van der Waals surface area contributed by atoms with Crippen LogP contribution in [-0.2, 0) is 0 Å². The summed E-state index contributed by atoms with van der Waals surface area (Å²) in [6, 6.07) is 0. The minimum atomic E-state index is 0.677. The summed E-state index contributed by atoms with van der Waals surface area (Å²) < 4.78 is 0. The molecule has 0 unspecified atom stereocenters. The van der Waals surface area contributed by atoms with Crippen LogP contribution in [0.2, 0.25) is 0 Å². The van der Waals surface area contributed by atoms with Crippen LogP contribution in [0, 0.1) is 52.3 Å². The van der Waals surface area contributed by atoms with E-state index in [1.807, 2.05) is 0 Å². The maximum Gasteiger partial charge on any atom is -0.0264 e. The normalized spacial score (nSPS) is 48.0. The number of rotatable bonds is 5. The van der Waals surface area contributed by atoms with Gasteiger partial charge in [-0.1, -0.05) is 66.7 Å². The minimum Gasteiger partial charge on any atom is -0.0628 e. The predicted molar refractivity (Wildman–Crippen MR) is 118 cm³/mol. The summed E-state index contributed by atoms with van der Waals surface area (Å²) in [7, 11) is 0. The first-order valence-corrected chi connectivity index (χ1v) is 12.9. The highest BCUT2D eigenvalue weighted by Crippen LogP contribution is 2.68. The fourth-order valence-corrected chi connectivity index (χ4v) is 9.32. The molecule has 0 saturated heterocycles. The molecule has 4 saturated carbocycles. The van der Waals surface area contributed by atoms with Crippen LogP contribution in [0.25, 0.3) is 0 Å². The van der Waals surface area contributed by atoms with Crippen molar-refractivity contribution in [1.29, 1.82) is 0 Å². The highest BCUT2D eigenvalue weighted by Gasteiger charge is 2.59. The van der Waals surface area contributed by atoms with E-state index in [4.69, 9.17) is 0 Å². The summed E-state index contributed by atoms with van der Waals surface area (Å²) in [5.74, 6) is 7.15. The molecule has 0 heterocycles. The van der Waals surface area contributed by atoms with Crippen molar-refractivity contribution < 1.29 is 0 Å². The van der Waals surface area contributed by atoms with Gasteiger partial charge in [-0.05, 0) is 104 Å². The number of hydrogen-bond donors (Lipinski definition) is 0. The van der Waals surface area contributed by atoms with E-state index < -0.39 is 0 Å². The SMILES string of the molecule is CC(C)CCC[C@H](C)[C@H]1CC[C@@H]2[C@@H]3CC[C@H]4CCCC[C@]4(C)[C@@H]3CC[C@@]21C. The Labute approximate surface area is 170 Å². The van der Waals surface area contributed by atoms with Crippen LogP contribution < -0.4 is 0 Å². The molecule has 0 spiro atoms. The first-order valence-electron chi connectivity index (χ1n) is 12.9. The third-order valence-corrected chi connectivity index (χ3v) is 10.8. The zero-order valence-electron chi connectivity index (χ0n) is 19.2. The molecule has 0 N–H and O–H groups in total. The highest BCUT2D eigenvalue weighted by atomic mass is 14.6. The van der Waals surface area contributed by atoms with Gasteiger partial charge in [-0.25, -0.2) is 0 Å². The Balaban J connectivity index is 1.46. The third kappa shape index (κ3) is 3.44. The van der Waals surface area contributed by atoms with Gasteiger partial charge in [-0.2, -0.15) is 0 Å². The molecule has 8 atom stereocenters. The zero-order valence-corrected chi connectivity index (χ0v) is 19.2. The minimum absolute atomic E-state index is 0.677. The van der Waals surface area contributed by atoms with Crippen LogP contribution in [-0.4, -0.2) is 0 Å². The van der Waals surface area contributed by atoms with Crippen LogP contribution in [0.3, 0.4) is 0 Å². The maximum atomic E-state index is 2.75. The molecule has 0 bridgehead atoms. The van der Waals surface area contributed by atoms with Gasteiger partial charge in [-0.3, -0.25) is 0 Å². The molecule has 0 aromatic heterocycles. The Kier molecular flexibility index (Phi) is 5.77.